The maximum atomic E-state index is 13.9. The molecule has 0 unspecified atom stereocenters. The molecule has 0 fully saturated rings. The Morgan fingerprint density at radius 1 is 1.47 bits per heavy atom. The largest absolute Gasteiger partial charge is 0.370 e. The highest BCUT2D eigenvalue weighted by Crippen LogP contribution is 2.27. The van der Waals surface area contributed by atoms with Gasteiger partial charge >= 0.3 is 0 Å². The van der Waals surface area contributed by atoms with Crippen LogP contribution in [-0.4, -0.2) is 16.8 Å². The molecule has 0 aliphatic carbocycles. The van der Waals surface area contributed by atoms with Crippen molar-refractivity contribution >= 4 is 5.69 Å². The molecule has 1 heterocycles. The van der Waals surface area contributed by atoms with E-state index in [1.165, 1.54) is 6.07 Å². The van der Waals surface area contributed by atoms with E-state index in [9.17, 15) is 4.39 Å². The van der Waals surface area contributed by atoms with Gasteiger partial charge in [-0.25, -0.2) is 4.39 Å². The average molecular weight is 262 g/mol. The van der Waals surface area contributed by atoms with E-state index in [0.717, 1.165) is 11.3 Å². The summed E-state index contributed by atoms with van der Waals surface area (Å²) in [5, 5.41) is 4.13. The second-order valence-electron chi connectivity index (χ2n) is 4.84. The molecule has 0 aliphatic rings. The van der Waals surface area contributed by atoms with Gasteiger partial charge < -0.3 is 10.6 Å². The van der Waals surface area contributed by atoms with Gasteiger partial charge in [-0.05, 0) is 19.1 Å². The molecule has 102 valence electrons. The molecule has 1 atom stereocenters. The average Bonchev–Trinajstić information content (AvgIpc) is 2.73. The number of nitrogens with zero attached hydrogens (tertiary/aromatic N) is 3. The normalized spacial score (nSPS) is 12.5. The van der Waals surface area contributed by atoms with Gasteiger partial charge in [0.25, 0.3) is 0 Å². The molecule has 0 spiro atoms. The van der Waals surface area contributed by atoms with Crippen molar-refractivity contribution in [2.75, 3.05) is 11.9 Å². The number of aryl methyl sites for hydroxylation is 1. The molecule has 0 bridgehead atoms. The van der Waals surface area contributed by atoms with Crippen LogP contribution < -0.4 is 10.6 Å². The van der Waals surface area contributed by atoms with Crippen molar-refractivity contribution in [2.45, 2.75) is 19.5 Å². The van der Waals surface area contributed by atoms with Gasteiger partial charge in [0.2, 0.25) is 0 Å². The van der Waals surface area contributed by atoms with Gasteiger partial charge in [0.1, 0.15) is 5.82 Å². The summed E-state index contributed by atoms with van der Waals surface area (Å²) in [5.74, 6) is -0.259. The van der Waals surface area contributed by atoms with Gasteiger partial charge in [0.05, 0.1) is 6.20 Å². The first-order chi connectivity index (χ1) is 8.99. The standard InChI is InChI=1S/C14H19FN4/c1-10(16)14-12(15)5-4-6-13(14)18(2)8-11-7-17-19(3)9-11/h4-7,9-10H,8,16H2,1-3H3/t10-/m0/s1. The fourth-order valence-corrected chi connectivity index (χ4v) is 2.22. The van der Waals surface area contributed by atoms with Crippen molar-refractivity contribution in [1.82, 2.24) is 9.78 Å². The Morgan fingerprint density at radius 2 is 2.21 bits per heavy atom. The van der Waals surface area contributed by atoms with Crippen LogP contribution in [0.4, 0.5) is 10.1 Å². The Balaban J connectivity index is 2.28. The summed E-state index contributed by atoms with van der Waals surface area (Å²) in [4.78, 5) is 1.98. The minimum atomic E-state index is -0.340. The quantitative estimate of drug-likeness (QED) is 0.919. The lowest BCUT2D eigenvalue weighted by atomic mass is 10.0. The highest BCUT2D eigenvalue weighted by atomic mass is 19.1. The highest BCUT2D eigenvalue weighted by molar-refractivity contribution is 5.55. The van der Waals surface area contributed by atoms with Gasteiger partial charge in [0.15, 0.2) is 0 Å². The summed E-state index contributed by atoms with van der Waals surface area (Å²) in [6.45, 7) is 2.46. The first-order valence-corrected chi connectivity index (χ1v) is 6.21. The molecule has 2 rings (SSSR count). The number of aromatic nitrogens is 2. The van der Waals surface area contributed by atoms with Crippen LogP contribution in [0.3, 0.4) is 0 Å². The fourth-order valence-electron chi connectivity index (χ4n) is 2.22. The molecule has 2 aromatic rings. The van der Waals surface area contributed by atoms with Crippen LogP contribution in [0.1, 0.15) is 24.1 Å². The minimum Gasteiger partial charge on any atom is -0.370 e. The molecule has 2 N–H and O–H groups in total. The molecular weight excluding hydrogens is 243 g/mol. The Labute approximate surface area is 112 Å². The third-order valence-corrected chi connectivity index (χ3v) is 3.07. The molecule has 5 heteroatoms. The molecule has 1 aromatic heterocycles. The molecule has 0 amide bonds. The lowest BCUT2D eigenvalue weighted by Gasteiger charge is -2.23. The molecule has 0 aliphatic heterocycles. The minimum absolute atomic E-state index is 0.259. The Hall–Kier alpha value is -1.88. The number of anilines is 1. The predicted octanol–water partition coefficient (Wildman–Crippen LogP) is 2.22. The Bertz CT molecular complexity index is 562. The number of hydrogen-bond acceptors (Lipinski definition) is 3. The molecular formula is C14H19FN4. The summed E-state index contributed by atoms with van der Waals surface area (Å²) in [7, 11) is 3.80. The maximum Gasteiger partial charge on any atom is 0.130 e. The highest BCUT2D eigenvalue weighted by Gasteiger charge is 2.15. The summed E-state index contributed by atoms with van der Waals surface area (Å²) in [5.41, 5.74) is 8.31. The zero-order valence-corrected chi connectivity index (χ0v) is 11.5. The number of benzene rings is 1. The van der Waals surface area contributed by atoms with E-state index in [0.29, 0.717) is 12.1 Å². The van der Waals surface area contributed by atoms with Gasteiger partial charge in [-0.2, -0.15) is 5.10 Å². The predicted molar refractivity (Wildman–Crippen MR) is 74.3 cm³/mol. The van der Waals surface area contributed by atoms with Crippen LogP contribution in [0, 0.1) is 5.82 Å². The fraction of sp³-hybridized carbons (Fsp3) is 0.357. The first kappa shape index (κ1) is 13.5. The smallest absolute Gasteiger partial charge is 0.130 e. The number of hydrogen-bond donors (Lipinski definition) is 1. The second-order valence-corrected chi connectivity index (χ2v) is 4.84. The summed E-state index contributed by atoms with van der Waals surface area (Å²) in [6, 6.07) is 4.70. The van der Waals surface area contributed by atoms with E-state index in [4.69, 9.17) is 5.73 Å². The zero-order chi connectivity index (χ0) is 14.0. The van der Waals surface area contributed by atoms with Crippen LogP contribution in [0.15, 0.2) is 30.6 Å². The van der Waals surface area contributed by atoms with Gasteiger partial charge in [-0.3, -0.25) is 4.68 Å². The summed E-state index contributed by atoms with van der Waals surface area (Å²) in [6.07, 6.45) is 3.75. The van der Waals surface area contributed by atoms with Crippen LogP contribution >= 0.6 is 0 Å². The summed E-state index contributed by atoms with van der Waals surface area (Å²) >= 11 is 0. The van der Waals surface area contributed by atoms with Crippen LogP contribution in [0.5, 0.6) is 0 Å². The topological polar surface area (TPSA) is 47.1 Å². The second kappa shape index (κ2) is 5.40. The van der Waals surface area contributed by atoms with Crippen LogP contribution in [0.25, 0.3) is 0 Å². The third-order valence-electron chi connectivity index (χ3n) is 3.07. The van der Waals surface area contributed by atoms with E-state index >= 15 is 0 Å². The Morgan fingerprint density at radius 3 is 2.79 bits per heavy atom. The Kier molecular flexibility index (Phi) is 3.85. The van der Waals surface area contributed by atoms with Crippen molar-refractivity contribution in [3.05, 3.63) is 47.5 Å². The zero-order valence-electron chi connectivity index (χ0n) is 11.5. The molecule has 1 aromatic carbocycles. The van der Waals surface area contributed by atoms with Gasteiger partial charge in [-0.15, -0.1) is 0 Å². The van der Waals surface area contributed by atoms with Crippen molar-refractivity contribution in [3.8, 4) is 0 Å². The van der Waals surface area contributed by atoms with Crippen LogP contribution in [0.2, 0.25) is 0 Å². The monoisotopic (exact) mass is 262 g/mol. The third kappa shape index (κ3) is 2.93. The van der Waals surface area contributed by atoms with E-state index in [1.54, 1.807) is 23.9 Å². The number of nitrogens with two attached hydrogens (primary N) is 1. The molecule has 0 saturated carbocycles. The lowest BCUT2D eigenvalue weighted by molar-refractivity contribution is 0.592. The summed E-state index contributed by atoms with van der Waals surface area (Å²) < 4.78 is 15.6. The maximum absolute atomic E-state index is 13.9. The van der Waals surface area contributed by atoms with Gasteiger partial charge in [-0.1, -0.05) is 6.07 Å². The van der Waals surface area contributed by atoms with E-state index < -0.39 is 0 Å². The molecule has 19 heavy (non-hydrogen) atoms. The number of halogens is 1. The first-order valence-electron chi connectivity index (χ1n) is 6.21. The number of rotatable bonds is 4. The van der Waals surface area contributed by atoms with E-state index in [2.05, 4.69) is 5.10 Å². The van der Waals surface area contributed by atoms with Crippen molar-refractivity contribution < 1.29 is 4.39 Å². The van der Waals surface area contributed by atoms with Gasteiger partial charge in [0, 0.05) is 49.7 Å². The molecule has 4 nitrogen and oxygen atoms in total. The molecule has 0 radical (unpaired) electrons. The molecule has 0 saturated heterocycles. The SMILES string of the molecule is C[C@H](N)c1c(F)cccc1N(C)Cc1cnn(C)c1. The van der Waals surface area contributed by atoms with Crippen molar-refractivity contribution in [2.24, 2.45) is 12.8 Å². The van der Waals surface area contributed by atoms with Crippen molar-refractivity contribution in [3.63, 3.8) is 0 Å². The van der Waals surface area contributed by atoms with Crippen LogP contribution in [-0.2, 0) is 13.6 Å². The van der Waals surface area contributed by atoms with Crippen molar-refractivity contribution in [1.29, 1.82) is 0 Å². The van der Waals surface area contributed by atoms with E-state index in [-0.39, 0.29) is 11.9 Å². The van der Waals surface area contributed by atoms with E-state index in [1.807, 2.05) is 31.3 Å². The lowest BCUT2D eigenvalue weighted by Crippen LogP contribution is -2.21.